The summed E-state index contributed by atoms with van der Waals surface area (Å²) in [5.74, 6) is 0. The second-order valence-corrected chi connectivity index (χ2v) is 3.28. The lowest BCUT2D eigenvalue weighted by atomic mass is 9.99. The number of rotatable bonds is 6. The molecule has 0 aliphatic carbocycles. The van der Waals surface area contributed by atoms with Crippen molar-refractivity contribution in [1.29, 1.82) is 0 Å². The van der Waals surface area contributed by atoms with E-state index in [9.17, 15) is 0 Å². The quantitative estimate of drug-likeness (QED) is 0.549. The van der Waals surface area contributed by atoms with Gasteiger partial charge in [0.1, 0.15) is 0 Å². The zero-order chi connectivity index (χ0) is 9.61. The molecule has 0 aromatic rings. The van der Waals surface area contributed by atoms with E-state index < -0.39 is 0 Å². The van der Waals surface area contributed by atoms with E-state index in [0.29, 0.717) is 13.2 Å². The predicted molar refractivity (Wildman–Crippen MR) is 50.8 cm³/mol. The molecule has 12 heavy (non-hydrogen) atoms. The number of hydrogen-bond acceptors (Lipinski definition) is 4. The van der Waals surface area contributed by atoms with Crippen LogP contribution in [0.2, 0.25) is 0 Å². The van der Waals surface area contributed by atoms with Crippen molar-refractivity contribution in [2.75, 3.05) is 34.4 Å². The van der Waals surface area contributed by atoms with Gasteiger partial charge >= 0.3 is 0 Å². The predicted octanol–water partition coefficient (Wildman–Crippen LogP) is -0.193. The molecule has 0 radical (unpaired) electrons. The van der Waals surface area contributed by atoms with Crippen molar-refractivity contribution in [2.24, 2.45) is 5.73 Å². The highest BCUT2D eigenvalue weighted by Crippen LogP contribution is 2.08. The summed E-state index contributed by atoms with van der Waals surface area (Å²) in [6, 6.07) is 0. The minimum atomic E-state index is -0.113. The molecule has 0 rings (SSSR count). The van der Waals surface area contributed by atoms with Crippen molar-refractivity contribution in [3.63, 3.8) is 0 Å². The molecular weight excluding hydrogens is 154 g/mol. The second kappa shape index (κ2) is 5.48. The van der Waals surface area contributed by atoms with E-state index in [-0.39, 0.29) is 5.54 Å². The molecule has 0 saturated heterocycles. The van der Waals surface area contributed by atoms with Crippen LogP contribution in [0.1, 0.15) is 13.3 Å². The number of nitrogens with zero attached hydrogens (tertiary/aromatic N) is 1. The number of nitrogens with one attached hydrogen (secondary N) is 1. The van der Waals surface area contributed by atoms with E-state index in [1.165, 1.54) is 0 Å². The Kier molecular flexibility index (Phi) is 5.41. The number of hydrazine groups is 1. The summed E-state index contributed by atoms with van der Waals surface area (Å²) in [6.45, 7) is 3.32. The van der Waals surface area contributed by atoms with Crippen molar-refractivity contribution in [3.8, 4) is 0 Å². The fourth-order valence-electron chi connectivity index (χ4n) is 1.21. The molecule has 0 fully saturated rings. The Bertz CT molecular complexity index is 113. The van der Waals surface area contributed by atoms with E-state index in [2.05, 4.69) is 12.3 Å². The summed E-state index contributed by atoms with van der Waals surface area (Å²) in [5.41, 5.74) is 8.85. The van der Waals surface area contributed by atoms with Gasteiger partial charge < -0.3 is 10.5 Å². The zero-order valence-electron chi connectivity index (χ0n) is 8.55. The molecule has 4 nitrogen and oxygen atoms in total. The number of ether oxygens (including phenoxy) is 1. The molecule has 0 aromatic heterocycles. The molecule has 0 saturated carbocycles. The van der Waals surface area contributed by atoms with Gasteiger partial charge in [-0.1, -0.05) is 6.92 Å². The average Bonchev–Trinajstić information content (AvgIpc) is 2.03. The summed E-state index contributed by atoms with van der Waals surface area (Å²) >= 11 is 0. The summed E-state index contributed by atoms with van der Waals surface area (Å²) in [6.07, 6.45) is 0.954. The standard InChI is InChI=1S/C8H21N3O/c1-5-8(6-9,7-12-4)10-11(2)3/h10H,5-7,9H2,1-4H3. The van der Waals surface area contributed by atoms with Gasteiger partial charge in [0.25, 0.3) is 0 Å². The minimum absolute atomic E-state index is 0.113. The first-order valence-electron chi connectivity index (χ1n) is 4.24. The van der Waals surface area contributed by atoms with Gasteiger partial charge in [0.15, 0.2) is 0 Å². The molecule has 0 bridgehead atoms. The third-order valence-corrected chi connectivity index (χ3v) is 1.95. The van der Waals surface area contributed by atoms with Crippen LogP contribution >= 0.6 is 0 Å². The van der Waals surface area contributed by atoms with Crippen LogP contribution in [0.3, 0.4) is 0 Å². The van der Waals surface area contributed by atoms with Crippen LogP contribution in [-0.4, -0.2) is 44.9 Å². The summed E-state index contributed by atoms with van der Waals surface area (Å²) < 4.78 is 5.12. The van der Waals surface area contributed by atoms with Crippen LogP contribution in [0, 0.1) is 0 Å². The minimum Gasteiger partial charge on any atom is -0.383 e. The normalized spacial score (nSPS) is 16.5. The molecule has 1 unspecified atom stereocenters. The Balaban J connectivity index is 4.13. The monoisotopic (exact) mass is 175 g/mol. The van der Waals surface area contributed by atoms with Gasteiger partial charge in [-0.3, -0.25) is 0 Å². The average molecular weight is 175 g/mol. The van der Waals surface area contributed by atoms with Gasteiger partial charge in [-0.2, -0.15) is 0 Å². The second-order valence-electron chi connectivity index (χ2n) is 3.28. The third-order valence-electron chi connectivity index (χ3n) is 1.95. The first kappa shape index (κ1) is 11.8. The van der Waals surface area contributed by atoms with Gasteiger partial charge in [-0.05, 0) is 6.42 Å². The maximum atomic E-state index is 5.68. The van der Waals surface area contributed by atoms with Gasteiger partial charge in [-0.15, -0.1) is 0 Å². The van der Waals surface area contributed by atoms with E-state index >= 15 is 0 Å². The van der Waals surface area contributed by atoms with Gasteiger partial charge in [0, 0.05) is 27.7 Å². The van der Waals surface area contributed by atoms with Crippen LogP contribution in [0.5, 0.6) is 0 Å². The Hall–Kier alpha value is -0.160. The zero-order valence-corrected chi connectivity index (χ0v) is 8.55. The van der Waals surface area contributed by atoms with Crippen LogP contribution in [0.25, 0.3) is 0 Å². The van der Waals surface area contributed by atoms with E-state index in [0.717, 1.165) is 6.42 Å². The van der Waals surface area contributed by atoms with Crippen LogP contribution < -0.4 is 11.2 Å². The first-order valence-corrected chi connectivity index (χ1v) is 4.24. The Morgan fingerprint density at radius 3 is 2.33 bits per heavy atom. The molecule has 0 aromatic carbocycles. The summed E-state index contributed by atoms with van der Waals surface area (Å²) in [7, 11) is 5.60. The Labute approximate surface area is 75.0 Å². The molecule has 0 heterocycles. The topological polar surface area (TPSA) is 50.5 Å². The van der Waals surface area contributed by atoms with Crippen molar-refractivity contribution in [3.05, 3.63) is 0 Å². The molecule has 74 valence electrons. The highest BCUT2D eigenvalue weighted by atomic mass is 16.5. The van der Waals surface area contributed by atoms with Gasteiger partial charge in [0.05, 0.1) is 12.1 Å². The van der Waals surface area contributed by atoms with Crippen LogP contribution in [0.4, 0.5) is 0 Å². The molecule has 0 amide bonds. The van der Waals surface area contributed by atoms with Crippen molar-refractivity contribution in [1.82, 2.24) is 10.4 Å². The molecule has 0 aliphatic heterocycles. The van der Waals surface area contributed by atoms with E-state index in [1.807, 2.05) is 19.1 Å². The molecular formula is C8H21N3O. The number of hydrogen-bond donors (Lipinski definition) is 2. The summed E-state index contributed by atoms with van der Waals surface area (Å²) in [4.78, 5) is 0. The molecule has 0 spiro atoms. The number of nitrogens with two attached hydrogens (primary N) is 1. The highest BCUT2D eigenvalue weighted by molar-refractivity contribution is 4.85. The van der Waals surface area contributed by atoms with E-state index in [1.54, 1.807) is 7.11 Å². The summed E-state index contributed by atoms with van der Waals surface area (Å²) in [5, 5.41) is 1.91. The Morgan fingerprint density at radius 2 is 2.08 bits per heavy atom. The maximum absolute atomic E-state index is 5.68. The van der Waals surface area contributed by atoms with Gasteiger partial charge in [-0.25, -0.2) is 10.4 Å². The lowest BCUT2D eigenvalue weighted by molar-refractivity contribution is 0.0613. The van der Waals surface area contributed by atoms with Crippen molar-refractivity contribution < 1.29 is 4.74 Å². The highest BCUT2D eigenvalue weighted by Gasteiger charge is 2.26. The van der Waals surface area contributed by atoms with Gasteiger partial charge in [0.2, 0.25) is 0 Å². The molecule has 1 atom stereocenters. The fourth-order valence-corrected chi connectivity index (χ4v) is 1.21. The van der Waals surface area contributed by atoms with Crippen molar-refractivity contribution >= 4 is 0 Å². The smallest absolute Gasteiger partial charge is 0.0677 e. The molecule has 4 heteroatoms. The lowest BCUT2D eigenvalue weighted by Gasteiger charge is -2.34. The first-order chi connectivity index (χ1) is 5.60. The molecule has 3 N–H and O–H groups in total. The van der Waals surface area contributed by atoms with Crippen LogP contribution in [0.15, 0.2) is 0 Å². The SMILES string of the molecule is CCC(CN)(COC)NN(C)C. The Morgan fingerprint density at radius 1 is 1.50 bits per heavy atom. The third kappa shape index (κ3) is 3.49. The largest absolute Gasteiger partial charge is 0.383 e. The van der Waals surface area contributed by atoms with Crippen molar-refractivity contribution in [2.45, 2.75) is 18.9 Å². The molecule has 0 aliphatic rings. The lowest BCUT2D eigenvalue weighted by Crippen LogP contribution is -2.58. The fraction of sp³-hybridized carbons (Fsp3) is 1.00. The number of methoxy groups -OCH3 is 1. The maximum Gasteiger partial charge on any atom is 0.0677 e. The van der Waals surface area contributed by atoms with E-state index in [4.69, 9.17) is 10.5 Å². The van der Waals surface area contributed by atoms with Crippen LogP contribution in [-0.2, 0) is 4.74 Å².